The fourth-order valence-corrected chi connectivity index (χ4v) is 5.95. The van der Waals surface area contributed by atoms with Crippen molar-refractivity contribution in [2.24, 2.45) is 0 Å². The molecule has 0 bridgehead atoms. The van der Waals surface area contributed by atoms with Crippen LogP contribution in [-0.4, -0.2) is 43.3 Å². The number of hydrogen-bond acceptors (Lipinski definition) is 4. The molecule has 3 rings (SSSR count). The highest BCUT2D eigenvalue weighted by molar-refractivity contribution is 7.92. The second-order valence-electron chi connectivity index (χ2n) is 10.6. The number of carbonyl (C=O) groups excluding carboxylic acids is 2. The van der Waals surface area contributed by atoms with Crippen molar-refractivity contribution in [2.75, 3.05) is 10.8 Å². The van der Waals surface area contributed by atoms with E-state index in [1.54, 1.807) is 18.2 Å². The molecule has 1 unspecified atom stereocenters. The molecule has 0 aromatic heterocycles. The van der Waals surface area contributed by atoms with Crippen molar-refractivity contribution in [3.05, 3.63) is 94.0 Å². The van der Waals surface area contributed by atoms with E-state index < -0.39 is 34.1 Å². The maximum absolute atomic E-state index is 14.1. The summed E-state index contributed by atoms with van der Waals surface area (Å²) in [5, 5.41) is 3.66. The van der Waals surface area contributed by atoms with Gasteiger partial charge in [0.05, 0.1) is 10.6 Å². The molecule has 0 saturated heterocycles. The van der Waals surface area contributed by atoms with Crippen LogP contribution in [0.4, 0.5) is 5.69 Å². The predicted octanol–water partition coefficient (Wildman–Crippen LogP) is 6.22. The van der Waals surface area contributed by atoms with Crippen LogP contribution < -0.4 is 9.62 Å². The molecule has 1 atom stereocenters. The number of anilines is 1. The van der Waals surface area contributed by atoms with Crippen molar-refractivity contribution in [1.29, 1.82) is 0 Å². The number of sulfonamides is 1. The maximum Gasteiger partial charge on any atom is 0.264 e. The minimum atomic E-state index is -4.21. The van der Waals surface area contributed by atoms with Crippen LogP contribution in [0.5, 0.6) is 0 Å². The zero-order chi connectivity index (χ0) is 29.7. The Labute approximate surface area is 247 Å². The standard InChI is InChI=1S/C30H35Cl2N3O4S/c1-6-27(29(37)33-30(3,4)5)34(19-22-11-8-7-10-21(22)2)28(36)20-35(25-13-9-12-24(32)18-25)40(38,39)26-16-14-23(31)15-17-26/h7-18,27H,6,19-20H2,1-5H3,(H,33,37). The minimum absolute atomic E-state index is 0.0346. The van der Waals surface area contributed by atoms with Gasteiger partial charge in [-0.25, -0.2) is 8.42 Å². The van der Waals surface area contributed by atoms with Gasteiger partial charge in [0.25, 0.3) is 10.0 Å². The Kier molecular flexibility index (Phi) is 10.3. The third-order valence-corrected chi connectivity index (χ3v) is 8.54. The number of nitrogens with one attached hydrogen (secondary N) is 1. The van der Waals surface area contributed by atoms with E-state index in [1.165, 1.54) is 35.2 Å². The number of benzene rings is 3. The lowest BCUT2D eigenvalue weighted by Gasteiger charge is -2.35. The highest BCUT2D eigenvalue weighted by Gasteiger charge is 2.34. The fraction of sp³-hybridized carbons (Fsp3) is 0.333. The van der Waals surface area contributed by atoms with Crippen LogP contribution in [0.3, 0.4) is 0 Å². The van der Waals surface area contributed by atoms with E-state index in [0.29, 0.717) is 16.5 Å². The Bertz CT molecular complexity index is 1450. The van der Waals surface area contributed by atoms with E-state index in [4.69, 9.17) is 23.2 Å². The van der Waals surface area contributed by atoms with Gasteiger partial charge < -0.3 is 10.2 Å². The molecule has 7 nitrogen and oxygen atoms in total. The second-order valence-corrected chi connectivity index (χ2v) is 13.3. The van der Waals surface area contributed by atoms with E-state index in [1.807, 2.05) is 58.9 Å². The monoisotopic (exact) mass is 603 g/mol. The molecular formula is C30H35Cl2N3O4S. The molecule has 2 amide bonds. The maximum atomic E-state index is 14.1. The largest absolute Gasteiger partial charge is 0.350 e. The molecule has 0 aliphatic carbocycles. The molecule has 3 aromatic carbocycles. The molecule has 0 fully saturated rings. The molecule has 0 radical (unpaired) electrons. The van der Waals surface area contributed by atoms with E-state index in [9.17, 15) is 18.0 Å². The van der Waals surface area contributed by atoms with Crippen LogP contribution in [0.1, 0.15) is 45.2 Å². The van der Waals surface area contributed by atoms with Crippen LogP contribution in [-0.2, 0) is 26.2 Å². The lowest BCUT2D eigenvalue weighted by Crippen LogP contribution is -2.55. The average Bonchev–Trinajstić information content (AvgIpc) is 2.87. The molecule has 3 aromatic rings. The van der Waals surface area contributed by atoms with Gasteiger partial charge in [0.1, 0.15) is 12.6 Å². The summed E-state index contributed by atoms with van der Waals surface area (Å²) < 4.78 is 28.8. The van der Waals surface area contributed by atoms with Gasteiger partial charge in [0.15, 0.2) is 0 Å². The second kappa shape index (κ2) is 13.1. The summed E-state index contributed by atoms with van der Waals surface area (Å²) in [5.74, 6) is -0.844. The van der Waals surface area contributed by atoms with Crippen LogP contribution in [0.15, 0.2) is 77.7 Å². The molecule has 40 heavy (non-hydrogen) atoms. The molecule has 0 saturated carbocycles. The third kappa shape index (κ3) is 7.99. The van der Waals surface area contributed by atoms with Gasteiger partial charge in [0.2, 0.25) is 11.8 Å². The van der Waals surface area contributed by atoms with Crippen LogP contribution in [0.25, 0.3) is 0 Å². The minimum Gasteiger partial charge on any atom is -0.350 e. The number of carbonyl (C=O) groups is 2. The lowest BCUT2D eigenvalue weighted by molar-refractivity contribution is -0.141. The van der Waals surface area contributed by atoms with Gasteiger partial charge >= 0.3 is 0 Å². The first-order valence-corrected chi connectivity index (χ1v) is 15.1. The van der Waals surface area contributed by atoms with Gasteiger partial charge in [-0.15, -0.1) is 0 Å². The molecule has 214 valence electrons. The topological polar surface area (TPSA) is 86.8 Å². The average molecular weight is 605 g/mol. The summed E-state index contributed by atoms with van der Waals surface area (Å²) in [6.45, 7) is 8.93. The van der Waals surface area contributed by atoms with Gasteiger partial charge in [-0.3, -0.25) is 13.9 Å². The van der Waals surface area contributed by atoms with Crippen molar-refractivity contribution >= 4 is 50.7 Å². The summed E-state index contributed by atoms with van der Waals surface area (Å²) in [6, 6.07) is 18.8. The number of hydrogen-bond donors (Lipinski definition) is 1. The number of amides is 2. The van der Waals surface area contributed by atoms with Gasteiger partial charge in [-0.05, 0) is 87.7 Å². The van der Waals surface area contributed by atoms with Gasteiger partial charge in [-0.1, -0.05) is 60.5 Å². The molecule has 0 spiro atoms. The fourth-order valence-electron chi connectivity index (χ4n) is 4.24. The Morgan fingerprint density at radius 3 is 2.15 bits per heavy atom. The normalized spacial score (nSPS) is 12.5. The molecule has 1 N–H and O–H groups in total. The Morgan fingerprint density at radius 1 is 0.925 bits per heavy atom. The van der Waals surface area contributed by atoms with Crippen molar-refractivity contribution in [2.45, 2.75) is 64.1 Å². The molecule has 0 heterocycles. The highest BCUT2D eigenvalue weighted by atomic mass is 35.5. The third-order valence-electron chi connectivity index (χ3n) is 6.26. The van der Waals surface area contributed by atoms with Crippen molar-refractivity contribution < 1.29 is 18.0 Å². The first kappa shape index (κ1) is 31.5. The summed E-state index contributed by atoms with van der Waals surface area (Å²) in [6.07, 6.45) is 0.334. The van der Waals surface area contributed by atoms with Crippen LogP contribution in [0, 0.1) is 6.92 Å². The first-order valence-electron chi connectivity index (χ1n) is 12.9. The number of rotatable bonds is 10. The zero-order valence-electron chi connectivity index (χ0n) is 23.3. The molecule has 10 heteroatoms. The number of nitrogens with zero attached hydrogens (tertiary/aromatic N) is 2. The van der Waals surface area contributed by atoms with Gasteiger partial charge in [0, 0.05) is 22.1 Å². The van der Waals surface area contributed by atoms with Crippen LogP contribution in [0.2, 0.25) is 10.0 Å². The van der Waals surface area contributed by atoms with Crippen molar-refractivity contribution in [3.8, 4) is 0 Å². The highest BCUT2D eigenvalue weighted by Crippen LogP contribution is 2.28. The van der Waals surface area contributed by atoms with E-state index in [-0.39, 0.29) is 23.0 Å². The summed E-state index contributed by atoms with van der Waals surface area (Å²) in [5.41, 5.74) is 1.51. The van der Waals surface area contributed by atoms with E-state index >= 15 is 0 Å². The summed E-state index contributed by atoms with van der Waals surface area (Å²) in [7, 11) is -4.21. The molecule has 0 aliphatic rings. The summed E-state index contributed by atoms with van der Waals surface area (Å²) >= 11 is 12.2. The quantitative estimate of drug-likeness (QED) is 0.298. The van der Waals surface area contributed by atoms with E-state index in [0.717, 1.165) is 15.4 Å². The molecule has 0 aliphatic heterocycles. The smallest absolute Gasteiger partial charge is 0.264 e. The van der Waals surface area contributed by atoms with Crippen molar-refractivity contribution in [3.63, 3.8) is 0 Å². The SMILES string of the molecule is CCC(C(=O)NC(C)(C)C)N(Cc1ccccc1C)C(=O)CN(c1cccc(Cl)c1)S(=O)(=O)c1ccc(Cl)cc1. The van der Waals surface area contributed by atoms with E-state index in [2.05, 4.69) is 5.32 Å². The lowest BCUT2D eigenvalue weighted by atomic mass is 10.0. The number of aryl methyl sites for hydroxylation is 1. The van der Waals surface area contributed by atoms with Crippen LogP contribution >= 0.6 is 23.2 Å². The van der Waals surface area contributed by atoms with Gasteiger partial charge in [-0.2, -0.15) is 0 Å². The Hall–Kier alpha value is -3.07. The van der Waals surface area contributed by atoms with Crippen molar-refractivity contribution in [1.82, 2.24) is 10.2 Å². The number of halogens is 2. The summed E-state index contributed by atoms with van der Waals surface area (Å²) in [4.78, 5) is 28.9. The molecular weight excluding hydrogens is 569 g/mol. The first-order chi connectivity index (χ1) is 18.7. The Morgan fingerprint density at radius 2 is 1.57 bits per heavy atom. The predicted molar refractivity (Wildman–Crippen MR) is 161 cm³/mol. The Balaban J connectivity index is 2.09. The zero-order valence-corrected chi connectivity index (χ0v) is 25.6.